The van der Waals surface area contributed by atoms with Crippen molar-refractivity contribution in [2.24, 2.45) is 0 Å². The Morgan fingerprint density at radius 1 is 1.12 bits per heavy atom. The lowest BCUT2D eigenvalue weighted by atomic mass is 10.2. The second-order valence-corrected chi connectivity index (χ2v) is 7.49. The molecule has 2 aromatic carbocycles. The molecule has 0 radical (unpaired) electrons. The van der Waals surface area contributed by atoms with Gasteiger partial charge >= 0.3 is 0 Å². The number of benzene rings is 2. The topological polar surface area (TPSA) is 67.4 Å². The van der Waals surface area contributed by atoms with E-state index >= 15 is 0 Å². The third-order valence-electron chi connectivity index (χ3n) is 3.58. The van der Waals surface area contributed by atoms with Crippen LogP contribution in [0.2, 0.25) is 0 Å². The third-order valence-corrected chi connectivity index (χ3v) is 4.96. The normalized spacial score (nSPS) is 13.3. The predicted octanol–water partition coefficient (Wildman–Crippen LogP) is 1.40. The summed E-state index contributed by atoms with van der Waals surface area (Å²) < 4.78 is 33.5. The van der Waals surface area contributed by atoms with Crippen LogP contribution in [-0.4, -0.2) is 21.1 Å². The first-order valence-electron chi connectivity index (χ1n) is 7.78. The first-order valence-corrected chi connectivity index (χ1v) is 9.26. The lowest BCUT2D eigenvalue weighted by Crippen LogP contribution is -2.35. The first kappa shape index (κ1) is 16.4. The van der Waals surface area contributed by atoms with Crippen molar-refractivity contribution in [2.45, 2.75) is 24.8 Å². The molecule has 0 aliphatic carbocycles. The van der Waals surface area contributed by atoms with E-state index in [2.05, 4.69) is 10.0 Å². The maximum atomic E-state index is 12.6. The molecule has 0 fully saturated rings. The minimum atomic E-state index is -3.66. The number of sulfonamides is 1. The second-order valence-electron chi connectivity index (χ2n) is 5.81. The smallest absolute Gasteiger partial charge is 0.261 e. The van der Waals surface area contributed by atoms with Crippen molar-refractivity contribution in [3.05, 3.63) is 52.9 Å². The van der Waals surface area contributed by atoms with Gasteiger partial charge in [0.15, 0.2) is 0 Å². The number of hydrogen-bond donors (Lipinski definition) is 2. The minimum Gasteiger partial charge on any atom is -0.491 e. The Bertz CT molecular complexity index is 949. The average molecular weight is 344 g/mol. The van der Waals surface area contributed by atoms with Gasteiger partial charge in [-0.1, -0.05) is 18.2 Å². The number of fused-ring (bicyclic) bond motifs is 1. The van der Waals surface area contributed by atoms with E-state index in [1.165, 1.54) is 0 Å². The van der Waals surface area contributed by atoms with Crippen molar-refractivity contribution < 1.29 is 13.2 Å². The van der Waals surface area contributed by atoms with Gasteiger partial charge < -0.3 is 10.1 Å². The van der Waals surface area contributed by atoms with E-state index in [9.17, 15) is 8.42 Å². The summed E-state index contributed by atoms with van der Waals surface area (Å²) >= 11 is 0. The quantitative estimate of drug-likeness (QED) is 0.860. The summed E-state index contributed by atoms with van der Waals surface area (Å²) in [5.41, 5.74) is 0.554. The molecule has 24 heavy (non-hydrogen) atoms. The number of anilines is 1. The van der Waals surface area contributed by atoms with E-state index in [1.807, 2.05) is 38.3 Å². The summed E-state index contributed by atoms with van der Waals surface area (Å²) in [5.74, 6) is 0.646. The molecule has 0 bridgehead atoms. The SMILES string of the molecule is CC(C)Oc1ccc(S(=O)(=O)Nc2cccc3c2=CNCC=3)cc1. The van der Waals surface area contributed by atoms with Crippen LogP contribution in [0.5, 0.6) is 5.75 Å². The van der Waals surface area contributed by atoms with E-state index in [0.29, 0.717) is 11.4 Å². The number of rotatable bonds is 5. The fraction of sp³-hybridized carbons (Fsp3) is 0.222. The lowest BCUT2D eigenvalue weighted by Gasteiger charge is -2.13. The molecule has 2 N–H and O–H groups in total. The van der Waals surface area contributed by atoms with Gasteiger partial charge in [-0.25, -0.2) is 8.42 Å². The fourth-order valence-electron chi connectivity index (χ4n) is 2.51. The lowest BCUT2D eigenvalue weighted by molar-refractivity contribution is 0.242. The summed E-state index contributed by atoms with van der Waals surface area (Å²) in [4.78, 5) is 0.198. The monoisotopic (exact) mass is 344 g/mol. The summed E-state index contributed by atoms with van der Waals surface area (Å²) in [6, 6.07) is 12.0. The van der Waals surface area contributed by atoms with Gasteiger partial charge in [0.25, 0.3) is 10.0 Å². The summed E-state index contributed by atoms with van der Waals surface area (Å²) in [5, 5.41) is 4.95. The molecule has 0 saturated carbocycles. The molecular weight excluding hydrogens is 324 g/mol. The van der Waals surface area contributed by atoms with Crippen LogP contribution in [0.4, 0.5) is 5.69 Å². The van der Waals surface area contributed by atoms with Gasteiger partial charge in [-0.3, -0.25) is 4.72 Å². The standard InChI is InChI=1S/C18H20N2O3S/c1-13(2)23-15-6-8-16(9-7-15)24(21,22)20-18-5-3-4-14-10-11-19-12-17(14)18/h3-10,12-13,19-20H,11H2,1-2H3. The molecule has 1 heterocycles. The molecule has 2 aromatic rings. The van der Waals surface area contributed by atoms with Crippen molar-refractivity contribution in [3.8, 4) is 5.75 Å². The van der Waals surface area contributed by atoms with Gasteiger partial charge in [0.1, 0.15) is 5.75 Å². The molecule has 126 valence electrons. The predicted molar refractivity (Wildman–Crippen MR) is 95.6 cm³/mol. The van der Waals surface area contributed by atoms with E-state index in [1.54, 1.807) is 30.3 Å². The van der Waals surface area contributed by atoms with Gasteiger partial charge in [-0.2, -0.15) is 0 Å². The highest BCUT2D eigenvalue weighted by molar-refractivity contribution is 7.92. The van der Waals surface area contributed by atoms with Crippen molar-refractivity contribution in [1.82, 2.24) is 5.32 Å². The molecule has 1 aliphatic heterocycles. The molecule has 3 rings (SSSR count). The largest absolute Gasteiger partial charge is 0.491 e. The van der Waals surface area contributed by atoms with Crippen LogP contribution >= 0.6 is 0 Å². The van der Waals surface area contributed by atoms with Gasteiger partial charge in [-0.05, 0) is 49.4 Å². The van der Waals surface area contributed by atoms with Crippen molar-refractivity contribution in [1.29, 1.82) is 0 Å². The van der Waals surface area contributed by atoms with Gasteiger partial charge in [0, 0.05) is 18.0 Å². The van der Waals surface area contributed by atoms with E-state index in [0.717, 1.165) is 17.0 Å². The van der Waals surface area contributed by atoms with Crippen LogP contribution in [0.15, 0.2) is 47.4 Å². The highest BCUT2D eigenvalue weighted by Crippen LogP contribution is 2.18. The molecule has 0 aromatic heterocycles. The van der Waals surface area contributed by atoms with Crippen LogP contribution in [0, 0.1) is 0 Å². The molecule has 0 atom stereocenters. The number of ether oxygens (including phenoxy) is 1. The van der Waals surface area contributed by atoms with Crippen LogP contribution < -0.4 is 25.2 Å². The van der Waals surface area contributed by atoms with E-state index in [-0.39, 0.29) is 11.0 Å². The Labute approximate surface area is 141 Å². The van der Waals surface area contributed by atoms with E-state index < -0.39 is 10.0 Å². The van der Waals surface area contributed by atoms with E-state index in [4.69, 9.17) is 4.74 Å². The number of hydrogen-bond acceptors (Lipinski definition) is 4. The Balaban J connectivity index is 1.90. The molecular formula is C18H20N2O3S. The highest BCUT2D eigenvalue weighted by Gasteiger charge is 2.15. The summed E-state index contributed by atoms with van der Waals surface area (Å²) in [6.07, 6.45) is 3.89. The summed E-state index contributed by atoms with van der Waals surface area (Å²) in [7, 11) is -3.66. The Morgan fingerprint density at radius 3 is 2.58 bits per heavy atom. The molecule has 0 unspecified atom stereocenters. The first-order chi connectivity index (χ1) is 11.5. The third kappa shape index (κ3) is 3.54. The van der Waals surface area contributed by atoms with Gasteiger partial charge in [-0.15, -0.1) is 0 Å². The summed E-state index contributed by atoms with van der Waals surface area (Å²) in [6.45, 7) is 4.58. The molecule has 6 heteroatoms. The fourth-order valence-corrected chi connectivity index (χ4v) is 3.59. The molecule has 0 amide bonds. The highest BCUT2D eigenvalue weighted by atomic mass is 32.2. The Hall–Kier alpha value is -2.47. The minimum absolute atomic E-state index is 0.0423. The molecule has 5 nitrogen and oxygen atoms in total. The molecule has 1 aliphatic rings. The molecule has 0 spiro atoms. The average Bonchev–Trinajstić information content (AvgIpc) is 2.55. The zero-order valence-corrected chi connectivity index (χ0v) is 14.4. The van der Waals surface area contributed by atoms with Gasteiger partial charge in [0.2, 0.25) is 0 Å². The van der Waals surface area contributed by atoms with Crippen LogP contribution in [0.3, 0.4) is 0 Å². The number of nitrogens with one attached hydrogen (secondary N) is 2. The second kappa shape index (κ2) is 6.57. The maximum absolute atomic E-state index is 12.6. The van der Waals surface area contributed by atoms with Crippen LogP contribution in [0.1, 0.15) is 13.8 Å². The van der Waals surface area contributed by atoms with Crippen molar-refractivity contribution in [2.75, 3.05) is 11.3 Å². The van der Waals surface area contributed by atoms with Crippen LogP contribution in [0.25, 0.3) is 12.3 Å². The Kier molecular flexibility index (Phi) is 4.49. The van der Waals surface area contributed by atoms with Gasteiger partial charge in [0.05, 0.1) is 16.7 Å². The molecule has 0 saturated heterocycles. The van der Waals surface area contributed by atoms with Crippen molar-refractivity contribution in [3.63, 3.8) is 0 Å². The maximum Gasteiger partial charge on any atom is 0.261 e. The zero-order chi connectivity index (χ0) is 17.2. The Morgan fingerprint density at radius 2 is 1.88 bits per heavy atom. The van der Waals surface area contributed by atoms with Crippen LogP contribution in [-0.2, 0) is 10.0 Å². The zero-order valence-electron chi connectivity index (χ0n) is 13.6. The van der Waals surface area contributed by atoms with Crippen molar-refractivity contribution >= 4 is 28.0 Å².